The Kier molecular flexibility index (Phi) is 10.6. The molecule has 4 nitrogen and oxygen atoms in total. The highest BCUT2D eigenvalue weighted by molar-refractivity contribution is 5.88. The summed E-state index contributed by atoms with van der Waals surface area (Å²) in [5.41, 5.74) is 0.821. The van der Waals surface area contributed by atoms with Gasteiger partial charge in [-0.1, -0.05) is 57.6 Å². The molecule has 0 saturated heterocycles. The molecule has 25 heavy (non-hydrogen) atoms. The average molecular weight is 348 g/mol. The fraction of sp³-hybridized carbons (Fsp3) is 0.619. The van der Waals surface area contributed by atoms with Gasteiger partial charge >= 0.3 is 5.97 Å². The zero-order valence-corrected chi connectivity index (χ0v) is 15.9. The molecule has 1 aromatic carbocycles. The monoisotopic (exact) mass is 348 g/mol. The van der Waals surface area contributed by atoms with E-state index in [2.05, 4.69) is 6.92 Å². The third-order valence-electron chi connectivity index (χ3n) is 4.39. The molecule has 0 aliphatic rings. The molecule has 0 fully saturated rings. The fourth-order valence-electron chi connectivity index (χ4n) is 2.80. The summed E-state index contributed by atoms with van der Waals surface area (Å²) in [5, 5.41) is 0. The number of rotatable bonds is 13. The molecule has 0 spiro atoms. The minimum atomic E-state index is -0.451. The van der Waals surface area contributed by atoms with E-state index in [4.69, 9.17) is 9.47 Å². The van der Waals surface area contributed by atoms with Crippen LogP contribution in [0.1, 0.15) is 76.7 Å². The van der Waals surface area contributed by atoms with Crippen LogP contribution in [0.15, 0.2) is 24.3 Å². The van der Waals surface area contributed by atoms with Crippen LogP contribution < -0.4 is 4.74 Å². The third kappa shape index (κ3) is 8.71. The number of ether oxygens (including phenoxy) is 2. The van der Waals surface area contributed by atoms with Gasteiger partial charge in [0.15, 0.2) is 0 Å². The van der Waals surface area contributed by atoms with Crippen LogP contribution in [-0.2, 0) is 14.3 Å². The lowest BCUT2D eigenvalue weighted by Gasteiger charge is -2.14. The summed E-state index contributed by atoms with van der Waals surface area (Å²) < 4.78 is 10.4. The van der Waals surface area contributed by atoms with Crippen LogP contribution >= 0.6 is 0 Å². The third-order valence-corrected chi connectivity index (χ3v) is 4.39. The Labute approximate surface area is 151 Å². The summed E-state index contributed by atoms with van der Waals surface area (Å²) >= 11 is 0. The highest BCUT2D eigenvalue weighted by atomic mass is 16.5. The summed E-state index contributed by atoms with van der Waals surface area (Å²) in [7, 11) is 1.60. The second-order valence-corrected chi connectivity index (χ2v) is 6.48. The van der Waals surface area contributed by atoms with Gasteiger partial charge in [0.25, 0.3) is 0 Å². The molecule has 1 aromatic rings. The van der Waals surface area contributed by atoms with Crippen molar-refractivity contribution in [3.8, 4) is 5.75 Å². The lowest BCUT2D eigenvalue weighted by atomic mass is 9.92. The number of methoxy groups -OCH3 is 1. The second kappa shape index (κ2) is 12.5. The molecule has 1 rings (SSSR count). The number of benzene rings is 1. The van der Waals surface area contributed by atoms with Crippen LogP contribution in [0.3, 0.4) is 0 Å². The van der Waals surface area contributed by atoms with Crippen LogP contribution in [-0.4, -0.2) is 25.5 Å². The zero-order chi connectivity index (χ0) is 18.5. The molecule has 0 bridgehead atoms. The van der Waals surface area contributed by atoms with Crippen molar-refractivity contribution in [1.82, 2.24) is 0 Å². The first kappa shape index (κ1) is 21.2. The largest absolute Gasteiger partial charge is 0.497 e. The summed E-state index contributed by atoms with van der Waals surface area (Å²) in [5.74, 6) is -0.0555. The van der Waals surface area contributed by atoms with E-state index < -0.39 is 5.92 Å². The SMILES string of the molecule is CCCCCCCCCOC(=O)CC(C(C)=O)c1ccc(OC)cc1. The Morgan fingerprint density at radius 3 is 2.12 bits per heavy atom. The first-order valence-electron chi connectivity index (χ1n) is 9.38. The Morgan fingerprint density at radius 2 is 1.56 bits per heavy atom. The number of Topliss-reactive ketones (excluding diaryl/α,β-unsaturated/α-hetero) is 1. The average Bonchev–Trinajstić information content (AvgIpc) is 2.62. The lowest BCUT2D eigenvalue weighted by Crippen LogP contribution is -2.16. The Morgan fingerprint density at radius 1 is 0.960 bits per heavy atom. The Hall–Kier alpha value is -1.84. The molecule has 0 aliphatic heterocycles. The van der Waals surface area contributed by atoms with Gasteiger partial charge in [-0.2, -0.15) is 0 Å². The topological polar surface area (TPSA) is 52.6 Å². The number of carbonyl (C=O) groups is 2. The Balaban J connectivity index is 2.32. The summed E-state index contributed by atoms with van der Waals surface area (Å²) in [6.07, 6.45) is 8.37. The molecule has 0 heterocycles. The van der Waals surface area contributed by atoms with Gasteiger partial charge in [-0.3, -0.25) is 9.59 Å². The lowest BCUT2D eigenvalue weighted by molar-refractivity contribution is -0.145. The van der Waals surface area contributed by atoms with Crippen molar-refractivity contribution in [1.29, 1.82) is 0 Å². The van der Waals surface area contributed by atoms with Crippen molar-refractivity contribution in [2.75, 3.05) is 13.7 Å². The van der Waals surface area contributed by atoms with Gasteiger partial charge in [0.2, 0.25) is 0 Å². The number of unbranched alkanes of at least 4 members (excludes halogenated alkanes) is 6. The zero-order valence-electron chi connectivity index (χ0n) is 15.9. The molecule has 0 radical (unpaired) electrons. The summed E-state index contributed by atoms with van der Waals surface area (Å²) in [4.78, 5) is 23.9. The number of hydrogen-bond acceptors (Lipinski definition) is 4. The molecular formula is C21H32O4. The minimum Gasteiger partial charge on any atom is -0.497 e. The van der Waals surface area contributed by atoms with Crippen LogP contribution in [0.2, 0.25) is 0 Å². The predicted molar refractivity (Wildman–Crippen MR) is 100.0 cm³/mol. The van der Waals surface area contributed by atoms with Crippen LogP contribution in [0.4, 0.5) is 0 Å². The standard InChI is InChI=1S/C21H32O4/c1-4-5-6-7-8-9-10-15-25-21(23)16-20(17(2)22)18-11-13-19(24-3)14-12-18/h11-14,20H,4-10,15-16H2,1-3H3. The van der Waals surface area contributed by atoms with Gasteiger partial charge < -0.3 is 9.47 Å². The molecule has 1 atom stereocenters. The van der Waals surface area contributed by atoms with Crippen molar-refractivity contribution in [3.05, 3.63) is 29.8 Å². The van der Waals surface area contributed by atoms with E-state index in [0.29, 0.717) is 6.61 Å². The van der Waals surface area contributed by atoms with Gasteiger partial charge in [0, 0.05) is 0 Å². The van der Waals surface area contributed by atoms with Gasteiger partial charge in [-0.05, 0) is 31.0 Å². The number of ketones is 1. The molecule has 0 N–H and O–H groups in total. The molecular weight excluding hydrogens is 316 g/mol. The second-order valence-electron chi connectivity index (χ2n) is 6.48. The highest BCUT2D eigenvalue weighted by Crippen LogP contribution is 2.24. The van der Waals surface area contributed by atoms with Gasteiger partial charge in [0.1, 0.15) is 11.5 Å². The van der Waals surface area contributed by atoms with E-state index in [0.717, 1.165) is 24.2 Å². The fourth-order valence-corrected chi connectivity index (χ4v) is 2.80. The van der Waals surface area contributed by atoms with E-state index in [9.17, 15) is 9.59 Å². The van der Waals surface area contributed by atoms with E-state index in [-0.39, 0.29) is 18.2 Å². The van der Waals surface area contributed by atoms with Crippen LogP contribution in [0, 0.1) is 0 Å². The maximum atomic E-state index is 12.0. The van der Waals surface area contributed by atoms with Gasteiger partial charge in [0.05, 0.1) is 26.1 Å². The van der Waals surface area contributed by atoms with E-state index in [1.807, 2.05) is 12.1 Å². The quantitative estimate of drug-likeness (QED) is 0.370. The summed E-state index contributed by atoms with van der Waals surface area (Å²) in [6, 6.07) is 7.26. The first-order chi connectivity index (χ1) is 12.1. The van der Waals surface area contributed by atoms with E-state index in [1.165, 1.54) is 39.0 Å². The molecule has 0 aliphatic carbocycles. The minimum absolute atomic E-state index is 0.0296. The number of carbonyl (C=O) groups excluding carboxylic acids is 2. The Bertz CT molecular complexity index is 507. The van der Waals surface area contributed by atoms with Crippen molar-refractivity contribution in [2.24, 2.45) is 0 Å². The van der Waals surface area contributed by atoms with E-state index in [1.54, 1.807) is 19.2 Å². The van der Waals surface area contributed by atoms with Crippen LogP contribution in [0.25, 0.3) is 0 Å². The van der Waals surface area contributed by atoms with Crippen LogP contribution in [0.5, 0.6) is 5.75 Å². The normalized spacial score (nSPS) is 11.8. The van der Waals surface area contributed by atoms with E-state index >= 15 is 0 Å². The maximum absolute atomic E-state index is 12.0. The first-order valence-corrected chi connectivity index (χ1v) is 9.38. The van der Waals surface area contributed by atoms with Crippen molar-refractivity contribution < 1.29 is 19.1 Å². The van der Waals surface area contributed by atoms with Crippen molar-refractivity contribution in [3.63, 3.8) is 0 Å². The number of esters is 1. The van der Waals surface area contributed by atoms with Gasteiger partial charge in [-0.15, -0.1) is 0 Å². The number of hydrogen-bond donors (Lipinski definition) is 0. The molecule has 140 valence electrons. The van der Waals surface area contributed by atoms with Crippen molar-refractivity contribution >= 4 is 11.8 Å². The molecule has 0 saturated carbocycles. The molecule has 0 aromatic heterocycles. The molecule has 0 amide bonds. The van der Waals surface area contributed by atoms with Crippen molar-refractivity contribution in [2.45, 2.75) is 71.1 Å². The highest BCUT2D eigenvalue weighted by Gasteiger charge is 2.21. The van der Waals surface area contributed by atoms with Gasteiger partial charge in [-0.25, -0.2) is 0 Å². The maximum Gasteiger partial charge on any atom is 0.306 e. The smallest absolute Gasteiger partial charge is 0.306 e. The molecule has 1 unspecified atom stereocenters. The molecule has 4 heteroatoms. The summed E-state index contributed by atoms with van der Waals surface area (Å²) in [6.45, 7) is 4.16. The predicted octanol–water partition coefficient (Wildman–Crippen LogP) is 5.05.